The van der Waals surface area contributed by atoms with Gasteiger partial charge in [-0.2, -0.15) is 5.26 Å². The minimum Gasteiger partial charge on any atom is -0.478 e. The Morgan fingerprint density at radius 3 is 2.54 bits per heavy atom. The Morgan fingerprint density at radius 2 is 1.92 bits per heavy atom. The van der Waals surface area contributed by atoms with Gasteiger partial charge in [0.25, 0.3) is 0 Å². The Labute approximate surface area is 144 Å². The van der Waals surface area contributed by atoms with E-state index in [-0.39, 0.29) is 0 Å². The van der Waals surface area contributed by atoms with Gasteiger partial charge in [0.1, 0.15) is 0 Å². The van der Waals surface area contributed by atoms with Crippen molar-refractivity contribution < 1.29 is 9.90 Å². The summed E-state index contributed by atoms with van der Waals surface area (Å²) in [5, 5.41) is 19.3. The zero-order valence-electron chi connectivity index (χ0n) is 14.3. The summed E-state index contributed by atoms with van der Waals surface area (Å²) < 4.78 is 0. The number of allylic oxidation sites excluding steroid dienone is 2. The lowest BCUT2D eigenvalue weighted by Crippen LogP contribution is -2.21. The largest absolute Gasteiger partial charge is 0.478 e. The number of benzene rings is 1. The highest BCUT2D eigenvalue weighted by atomic mass is 16.4. The first-order valence-corrected chi connectivity index (χ1v) is 8.74. The molecule has 0 spiro atoms. The van der Waals surface area contributed by atoms with E-state index in [9.17, 15) is 15.2 Å². The van der Waals surface area contributed by atoms with Gasteiger partial charge in [-0.1, -0.05) is 75.4 Å². The van der Waals surface area contributed by atoms with Crippen LogP contribution in [-0.4, -0.2) is 11.1 Å². The Hall–Kier alpha value is -2.34. The maximum Gasteiger partial charge on any atom is 0.335 e. The molecule has 0 amide bonds. The van der Waals surface area contributed by atoms with Gasteiger partial charge in [0, 0.05) is 0 Å². The molecule has 0 aromatic heterocycles. The zero-order valence-corrected chi connectivity index (χ0v) is 14.3. The number of carbonyl (C=O) groups is 1. The summed E-state index contributed by atoms with van der Waals surface area (Å²) >= 11 is 0. The molecule has 0 aliphatic heterocycles. The molecule has 0 bridgehead atoms. The minimum absolute atomic E-state index is 0.304. The first-order chi connectivity index (χ1) is 11.6. The van der Waals surface area contributed by atoms with E-state index in [0.29, 0.717) is 12.0 Å². The highest BCUT2D eigenvalue weighted by Gasteiger charge is 2.33. The van der Waals surface area contributed by atoms with Crippen LogP contribution in [0.2, 0.25) is 0 Å². The van der Waals surface area contributed by atoms with E-state index in [1.165, 1.54) is 19.3 Å². The third kappa shape index (κ3) is 4.35. The summed E-state index contributed by atoms with van der Waals surface area (Å²) in [4.78, 5) is 11.6. The van der Waals surface area contributed by atoms with Crippen LogP contribution in [0.4, 0.5) is 0 Å². The van der Waals surface area contributed by atoms with E-state index in [1.54, 1.807) is 6.08 Å². The molecule has 2 rings (SSSR count). The van der Waals surface area contributed by atoms with Crippen molar-refractivity contribution in [2.24, 2.45) is 5.41 Å². The number of carboxylic acid groups (broad SMARTS) is 1. The maximum atomic E-state index is 11.6. The van der Waals surface area contributed by atoms with Crippen molar-refractivity contribution in [3.8, 4) is 6.07 Å². The number of unbranched alkanes of at least 4 members (excludes halogenated alkanes) is 4. The molecule has 1 atom stereocenters. The molecular formula is C21H25NO2. The lowest BCUT2D eigenvalue weighted by atomic mass is 9.72. The number of carboxylic acids is 1. The van der Waals surface area contributed by atoms with E-state index < -0.39 is 11.4 Å². The molecule has 0 fully saturated rings. The van der Waals surface area contributed by atoms with Gasteiger partial charge >= 0.3 is 5.97 Å². The van der Waals surface area contributed by atoms with Gasteiger partial charge in [0.2, 0.25) is 0 Å². The molecule has 1 aromatic carbocycles. The monoisotopic (exact) mass is 323 g/mol. The van der Waals surface area contributed by atoms with Crippen LogP contribution in [-0.2, 0) is 4.79 Å². The molecule has 1 aliphatic rings. The van der Waals surface area contributed by atoms with Crippen LogP contribution in [0, 0.1) is 16.7 Å². The van der Waals surface area contributed by atoms with Crippen LogP contribution in [0.1, 0.15) is 57.4 Å². The molecule has 24 heavy (non-hydrogen) atoms. The third-order valence-electron chi connectivity index (χ3n) is 4.69. The van der Waals surface area contributed by atoms with Crippen molar-refractivity contribution in [1.29, 1.82) is 5.26 Å². The lowest BCUT2D eigenvalue weighted by molar-refractivity contribution is -0.132. The number of nitrogens with zero attached hydrogens (tertiary/aromatic N) is 1. The van der Waals surface area contributed by atoms with E-state index in [4.69, 9.17) is 0 Å². The molecule has 1 unspecified atom stereocenters. The molecule has 1 aromatic rings. The van der Waals surface area contributed by atoms with Gasteiger partial charge in [-0.25, -0.2) is 4.79 Å². The average molecular weight is 323 g/mol. The highest BCUT2D eigenvalue weighted by Crippen LogP contribution is 2.42. The molecule has 1 N–H and O–H groups in total. The van der Waals surface area contributed by atoms with Crippen LogP contribution < -0.4 is 0 Å². The predicted octanol–water partition coefficient (Wildman–Crippen LogP) is 5.36. The second-order valence-corrected chi connectivity index (χ2v) is 6.51. The van der Waals surface area contributed by atoms with Crippen LogP contribution >= 0.6 is 0 Å². The van der Waals surface area contributed by atoms with E-state index >= 15 is 0 Å². The van der Waals surface area contributed by atoms with Crippen LogP contribution in [0.15, 0.2) is 48.1 Å². The molecule has 0 saturated carbocycles. The smallest absolute Gasteiger partial charge is 0.335 e. The summed E-state index contributed by atoms with van der Waals surface area (Å²) in [6, 6.07) is 12.0. The van der Waals surface area contributed by atoms with Crippen molar-refractivity contribution in [3.63, 3.8) is 0 Å². The maximum absolute atomic E-state index is 11.6. The van der Waals surface area contributed by atoms with Crippen molar-refractivity contribution in [2.75, 3.05) is 0 Å². The molecule has 0 saturated heterocycles. The van der Waals surface area contributed by atoms with Crippen LogP contribution in [0.3, 0.4) is 0 Å². The van der Waals surface area contributed by atoms with Crippen LogP contribution in [0.25, 0.3) is 5.57 Å². The molecule has 3 heteroatoms. The second kappa shape index (κ2) is 8.49. The minimum atomic E-state index is -0.931. The van der Waals surface area contributed by atoms with Crippen molar-refractivity contribution >= 4 is 11.5 Å². The van der Waals surface area contributed by atoms with E-state index in [0.717, 1.165) is 30.4 Å². The van der Waals surface area contributed by atoms with E-state index in [2.05, 4.69) is 13.0 Å². The Morgan fingerprint density at radius 1 is 1.21 bits per heavy atom. The standard InChI is InChI=1S/C21H25NO2/c1-2-3-4-5-9-13-21(16-22)14-12-18(20(23)24)19(15-21)17-10-7-6-8-11-17/h6-8,10-12,14H,2-5,9,13,15H2,1H3,(H,23,24). The zero-order chi connectivity index (χ0) is 17.4. The molecule has 126 valence electrons. The Balaban J connectivity index is 2.20. The fourth-order valence-electron chi connectivity index (χ4n) is 3.26. The van der Waals surface area contributed by atoms with Crippen molar-refractivity contribution in [3.05, 3.63) is 53.6 Å². The van der Waals surface area contributed by atoms with Crippen molar-refractivity contribution in [2.45, 2.75) is 51.9 Å². The first-order valence-electron chi connectivity index (χ1n) is 8.74. The quantitative estimate of drug-likeness (QED) is 0.655. The first kappa shape index (κ1) is 18.0. The highest BCUT2D eigenvalue weighted by molar-refractivity contribution is 6.00. The SMILES string of the molecule is CCCCCCCC1(C#N)C=CC(C(=O)O)=C(c2ccccc2)C1. The molecule has 3 nitrogen and oxygen atoms in total. The fourth-order valence-corrected chi connectivity index (χ4v) is 3.26. The van der Waals surface area contributed by atoms with Gasteiger partial charge in [-0.3, -0.25) is 0 Å². The van der Waals surface area contributed by atoms with Gasteiger partial charge in [0.05, 0.1) is 17.1 Å². The number of hydrogen-bond donors (Lipinski definition) is 1. The van der Waals surface area contributed by atoms with Gasteiger partial charge in [-0.05, 0) is 30.1 Å². The summed E-state index contributed by atoms with van der Waals surface area (Å²) in [5.41, 5.74) is 1.37. The summed E-state index contributed by atoms with van der Waals surface area (Å²) in [7, 11) is 0. The van der Waals surface area contributed by atoms with Crippen molar-refractivity contribution in [1.82, 2.24) is 0 Å². The number of hydrogen-bond acceptors (Lipinski definition) is 2. The number of aliphatic carboxylic acids is 1. The van der Waals surface area contributed by atoms with Gasteiger partial charge < -0.3 is 5.11 Å². The normalized spacial score (nSPS) is 20.0. The average Bonchev–Trinajstić information content (AvgIpc) is 2.62. The molecular weight excluding hydrogens is 298 g/mol. The third-order valence-corrected chi connectivity index (χ3v) is 4.69. The van der Waals surface area contributed by atoms with Crippen LogP contribution in [0.5, 0.6) is 0 Å². The summed E-state index contributed by atoms with van der Waals surface area (Å²) in [6.07, 6.45) is 10.4. The predicted molar refractivity (Wildman–Crippen MR) is 96.2 cm³/mol. The van der Waals surface area contributed by atoms with E-state index in [1.807, 2.05) is 36.4 Å². The molecule has 0 radical (unpaired) electrons. The van der Waals surface area contributed by atoms with Gasteiger partial charge in [0.15, 0.2) is 0 Å². The summed E-state index contributed by atoms with van der Waals surface area (Å²) in [6.45, 7) is 2.19. The molecule has 1 aliphatic carbocycles. The fraction of sp³-hybridized carbons (Fsp3) is 0.429. The second-order valence-electron chi connectivity index (χ2n) is 6.51. The van der Waals surface area contributed by atoms with Gasteiger partial charge in [-0.15, -0.1) is 0 Å². The Bertz CT molecular complexity index is 667. The lowest BCUT2D eigenvalue weighted by Gasteiger charge is -2.29. The Kier molecular flexibility index (Phi) is 6.37. The molecule has 0 heterocycles. The number of rotatable bonds is 8. The summed E-state index contributed by atoms with van der Waals surface area (Å²) in [5.74, 6) is -0.931. The number of nitriles is 1. The topological polar surface area (TPSA) is 61.1 Å².